The second-order valence-corrected chi connectivity index (χ2v) is 8.63. The first-order valence-electron chi connectivity index (χ1n) is 11.8. The molecule has 0 saturated heterocycles. The Labute approximate surface area is 205 Å². The fraction of sp³-hybridized carbons (Fsp3) is 0.167. The molecule has 4 aromatic carbocycles. The fourth-order valence-electron chi connectivity index (χ4n) is 4.49. The van der Waals surface area contributed by atoms with Crippen LogP contribution in [0.15, 0.2) is 109 Å². The number of nitrogens with zero attached hydrogens (tertiary/aromatic N) is 1. The Morgan fingerprint density at radius 1 is 0.743 bits per heavy atom. The zero-order valence-corrected chi connectivity index (χ0v) is 19.7. The van der Waals surface area contributed by atoms with Gasteiger partial charge in [0.05, 0.1) is 5.56 Å². The van der Waals surface area contributed by atoms with Gasteiger partial charge in [0.25, 0.3) is 5.91 Å². The fourth-order valence-corrected chi connectivity index (χ4v) is 4.49. The molecule has 1 unspecified atom stereocenters. The van der Waals surface area contributed by atoms with Gasteiger partial charge in [-0.25, -0.2) is 0 Å². The maximum absolute atomic E-state index is 13.8. The average molecular weight is 465 g/mol. The molecule has 1 atom stereocenters. The Hall–Kier alpha value is -4.25. The lowest BCUT2D eigenvalue weighted by molar-refractivity contribution is 0.0501. The molecule has 1 aliphatic rings. The molecule has 0 radical (unpaired) electrons. The lowest BCUT2D eigenvalue weighted by Crippen LogP contribution is -2.55. The molecule has 176 valence electrons. The van der Waals surface area contributed by atoms with E-state index >= 15 is 0 Å². The van der Waals surface area contributed by atoms with Crippen LogP contribution < -0.4 is 14.8 Å². The first-order valence-corrected chi connectivity index (χ1v) is 11.8. The van der Waals surface area contributed by atoms with Gasteiger partial charge >= 0.3 is 0 Å². The predicted octanol–water partition coefficient (Wildman–Crippen LogP) is 6.09. The van der Waals surface area contributed by atoms with Crippen LogP contribution in [0.5, 0.6) is 11.5 Å². The minimum atomic E-state index is -0.821. The van der Waals surface area contributed by atoms with Gasteiger partial charge in [0.2, 0.25) is 0 Å². The maximum Gasteiger partial charge on any atom is 0.258 e. The standard InChI is InChI=1S/C30H28N2O3/c1-30(26-17-9-11-19-28(26)35-21-20-34-24-14-6-3-7-15-24)31-27-18-10-8-16-25(27)29(33)32(30)22-23-12-4-2-5-13-23/h2-19,31H,20-22H2,1H3. The molecule has 1 aliphatic heterocycles. The molecule has 1 N–H and O–H groups in total. The van der Waals surface area contributed by atoms with Crippen molar-refractivity contribution in [3.05, 3.63) is 126 Å². The van der Waals surface area contributed by atoms with E-state index in [1.165, 1.54) is 0 Å². The van der Waals surface area contributed by atoms with E-state index in [0.29, 0.717) is 31.1 Å². The van der Waals surface area contributed by atoms with Gasteiger partial charge in [0, 0.05) is 17.8 Å². The molecule has 0 spiro atoms. The van der Waals surface area contributed by atoms with E-state index in [1.54, 1.807) is 0 Å². The minimum Gasteiger partial charge on any atom is -0.490 e. The van der Waals surface area contributed by atoms with Gasteiger partial charge in [0.1, 0.15) is 30.4 Å². The average Bonchev–Trinajstić information content (AvgIpc) is 2.90. The predicted molar refractivity (Wildman–Crippen MR) is 138 cm³/mol. The Morgan fingerprint density at radius 3 is 2.17 bits per heavy atom. The first-order chi connectivity index (χ1) is 17.1. The van der Waals surface area contributed by atoms with E-state index in [4.69, 9.17) is 9.47 Å². The normalized spacial score (nSPS) is 16.8. The summed E-state index contributed by atoms with van der Waals surface area (Å²) in [4.78, 5) is 15.6. The third-order valence-corrected chi connectivity index (χ3v) is 6.27. The summed E-state index contributed by atoms with van der Waals surface area (Å²) in [5, 5.41) is 3.64. The molecule has 0 aromatic heterocycles. The van der Waals surface area contributed by atoms with Crippen molar-refractivity contribution in [3.8, 4) is 11.5 Å². The van der Waals surface area contributed by atoms with E-state index in [1.807, 2.05) is 121 Å². The van der Waals surface area contributed by atoms with Crippen LogP contribution in [0.25, 0.3) is 0 Å². The van der Waals surface area contributed by atoms with Gasteiger partial charge in [0.15, 0.2) is 0 Å². The Kier molecular flexibility index (Phi) is 6.40. The van der Waals surface area contributed by atoms with Crippen molar-refractivity contribution < 1.29 is 14.3 Å². The van der Waals surface area contributed by atoms with Crippen molar-refractivity contribution in [1.82, 2.24) is 4.90 Å². The molecule has 0 saturated carbocycles. The van der Waals surface area contributed by atoms with E-state index in [0.717, 1.165) is 22.6 Å². The molecule has 0 fully saturated rings. The van der Waals surface area contributed by atoms with Crippen molar-refractivity contribution in [3.63, 3.8) is 0 Å². The number of rotatable bonds is 8. The number of nitrogens with one attached hydrogen (secondary N) is 1. The second-order valence-electron chi connectivity index (χ2n) is 8.63. The summed E-state index contributed by atoms with van der Waals surface area (Å²) in [6, 6.07) is 35.2. The van der Waals surface area contributed by atoms with Gasteiger partial charge in [-0.3, -0.25) is 4.79 Å². The number of amides is 1. The van der Waals surface area contributed by atoms with Crippen LogP contribution >= 0.6 is 0 Å². The van der Waals surface area contributed by atoms with Crippen molar-refractivity contribution in [2.75, 3.05) is 18.5 Å². The summed E-state index contributed by atoms with van der Waals surface area (Å²) < 4.78 is 12.0. The minimum absolute atomic E-state index is 0.0204. The summed E-state index contributed by atoms with van der Waals surface area (Å²) in [6.07, 6.45) is 0. The lowest BCUT2D eigenvalue weighted by Gasteiger charge is -2.47. The van der Waals surface area contributed by atoms with Crippen LogP contribution in [0, 0.1) is 0 Å². The largest absolute Gasteiger partial charge is 0.490 e. The number of para-hydroxylation sites is 3. The van der Waals surface area contributed by atoms with Crippen molar-refractivity contribution >= 4 is 11.6 Å². The summed E-state index contributed by atoms with van der Waals surface area (Å²) in [5.41, 5.74) is 2.60. The molecule has 4 aromatic rings. The summed E-state index contributed by atoms with van der Waals surface area (Å²) in [6.45, 7) is 3.29. The zero-order chi connectivity index (χ0) is 24.1. The maximum atomic E-state index is 13.8. The number of ether oxygens (including phenoxy) is 2. The number of hydrogen-bond acceptors (Lipinski definition) is 4. The molecule has 5 rings (SSSR count). The smallest absolute Gasteiger partial charge is 0.258 e. The number of anilines is 1. The summed E-state index contributed by atoms with van der Waals surface area (Å²) >= 11 is 0. The first kappa shape index (κ1) is 22.5. The van der Waals surface area contributed by atoms with Crippen molar-refractivity contribution in [1.29, 1.82) is 0 Å². The van der Waals surface area contributed by atoms with Crippen LogP contribution in [0.4, 0.5) is 5.69 Å². The third-order valence-electron chi connectivity index (χ3n) is 6.27. The lowest BCUT2D eigenvalue weighted by atomic mass is 9.92. The number of carbonyl (C=O) groups excluding carboxylic acids is 1. The Bertz CT molecular complexity index is 1290. The number of carbonyl (C=O) groups is 1. The van der Waals surface area contributed by atoms with E-state index in [-0.39, 0.29) is 5.91 Å². The highest BCUT2D eigenvalue weighted by molar-refractivity contribution is 6.02. The molecule has 1 heterocycles. The monoisotopic (exact) mass is 464 g/mol. The number of benzene rings is 4. The summed E-state index contributed by atoms with van der Waals surface area (Å²) in [7, 11) is 0. The highest BCUT2D eigenvalue weighted by Gasteiger charge is 2.44. The quantitative estimate of drug-likeness (QED) is 0.321. The van der Waals surface area contributed by atoms with Gasteiger partial charge in [-0.15, -0.1) is 0 Å². The second kappa shape index (κ2) is 9.94. The van der Waals surface area contributed by atoms with E-state index < -0.39 is 5.66 Å². The van der Waals surface area contributed by atoms with E-state index in [9.17, 15) is 4.79 Å². The SMILES string of the molecule is CC1(c2ccccc2OCCOc2ccccc2)Nc2ccccc2C(=O)N1Cc1ccccc1. The van der Waals surface area contributed by atoms with Crippen LogP contribution in [-0.4, -0.2) is 24.0 Å². The molecule has 1 amide bonds. The molecule has 0 bridgehead atoms. The van der Waals surface area contributed by atoms with Crippen molar-refractivity contribution in [2.45, 2.75) is 19.1 Å². The zero-order valence-electron chi connectivity index (χ0n) is 19.7. The Balaban J connectivity index is 1.44. The van der Waals surface area contributed by atoms with Gasteiger partial charge in [-0.1, -0.05) is 78.9 Å². The highest BCUT2D eigenvalue weighted by atomic mass is 16.5. The molecular formula is C30H28N2O3. The third kappa shape index (κ3) is 4.71. The molecule has 5 heteroatoms. The number of fused-ring (bicyclic) bond motifs is 1. The molecule has 0 aliphatic carbocycles. The van der Waals surface area contributed by atoms with Gasteiger partial charge < -0.3 is 19.7 Å². The molecule has 35 heavy (non-hydrogen) atoms. The van der Waals surface area contributed by atoms with Crippen LogP contribution in [0.1, 0.15) is 28.4 Å². The van der Waals surface area contributed by atoms with Gasteiger partial charge in [-0.05, 0) is 42.8 Å². The van der Waals surface area contributed by atoms with Gasteiger partial charge in [-0.2, -0.15) is 0 Å². The van der Waals surface area contributed by atoms with Crippen LogP contribution in [-0.2, 0) is 12.2 Å². The molecular weight excluding hydrogens is 436 g/mol. The van der Waals surface area contributed by atoms with Crippen molar-refractivity contribution in [2.24, 2.45) is 0 Å². The Morgan fingerprint density at radius 2 is 1.37 bits per heavy atom. The van der Waals surface area contributed by atoms with Crippen LogP contribution in [0.2, 0.25) is 0 Å². The van der Waals surface area contributed by atoms with Crippen LogP contribution in [0.3, 0.4) is 0 Å². The highest BCUT2D eigenvalue weighted by Crippen LogP contribution is 2.42. The topological polar surface area (TPSA) is 50.8 Å². The number of hydrogen-bond donors (Lipinski definition) is 1. The molecule has 5 nitrogen and oxygen atoms in total. The summed E-state index contributed by atoms with van der Waals surface area (Å²) in [5.74, 6) is 1.50. The van der Waals surface area contributed by atoms with E-state index in [2.05, 4.69) is 5.32 Å².